The van der Waals surface area contributed by atoms with Gasteiger partial charge in [0.15, 0.2) is 17.5 Å². The molecule has 11 heteroatoms. The number of hydrogen-bond donors (Lipinski definition) is 3. The molecule has 8 nitrogen and oxygen atoms in total. The van der Waals surface area contributed by atoms with Gasteiger partial charge in [-0.15, -0.1) is 11.3 Å². The monoisotopic (exact) mass is 509 g/mol. The van der Waals surface area contributed by atoms with Crippen molar-refractivity contribution in [3.05, 3.63) is 52.8 Å². The molecule has 2 aliphatic rings. The normalized spacial score (nSPS) is 17.0. The fourth-order valence-electron chi connectivity index (χ4n) is 3.91. The smallest absolute Gasteiger partial charge is 0.230 e. The predicted octanol–water partition coefficient (Wildman–Crippen LogP) is 4.37. The van der Waals surface area contributed by atoms with E-state index in [9.17, 15) is 9.18 Å². The van der Waals surface area contributed by atoms with Crippen LogP contribution in [0.25, 0.3) is 21.3 Å². The minimum atomic E-state index is -1.49. The number of thiazole rings is 1. The van der Waals surface area contributed by atoms with Crippen LogP contribution in [-0.2, 0) is 26.4 Å². The summed E-state index contributed by atoms with van der Waals surface area (Å²) in [7, 11) is 0. The molecule has 1 aliphatic carbocycles. The number of nitriles is 1. The van der Waals surface area contributed by atoms with E-state index in [1.807, 2.05) is 6.07 Å². The van der Waals surface area contributed by atoms with E-state index in [1.165, 1.54) is 0 Å². The highest BCUT2D eigenvalue weighted by molar-refractivity contribution is 7.18. The lowest BCUT2D eigenvalue weighted by molar-refractivity contribution is -0.135. The minimum Gasteiger partial charge on any atom is -0.429 e. The van der Waals surface area contributed by atoms with Crippen LogP contribution in [0.4, 0.5) is 8.78 Å². The van der Waals surface area contributed by atoms with E-state index < -0.39 is 28.8 Å². The molecule has 36 heavy (non-hydrogen) atoms. The summed E-state index contributed by atoms with van der Waals surface area (Å²) in [6.07, 6.45) is 0.691. The van der Waals surface area contributed by atoms with Gasteiger partial charge in [-0.3, -0.25) is 15.6 Å². The zero-order valence-electron chi connectivity index (χ0n) is 19.0. The van der Waals surface area contributed by atoms with Gasteiger partial charge in [0, 0.05) is 5.56 Å². The van der Waals surface area contributed by atoms with Gasteiger partial charge < -0.3 is 14.8 Å². The van der Waals surface area contributed by atoms with Crippen LogP contribution < -0.4 is 5.32 Å². The zero-order chi connectivity index (χ0) is 25.5. The Kier molecular flexibility index (Phi) is 6.02. The predicted molar refractivity (Wildman–Crippen MR) is 129 cm³/mol. The summed E-state index contributed by atoms with van der Waals surface area (Å²) in [4.78, 5) is 16.3. The highest BCUT2D eigenvalue weighted by Gasteiger charge is 2.44. The van der Waals surface area contributed by atoms with E-state index in [-0.39, 0.29) is 32.0 Å². The van der Waals surface area contributed by atoms with Crippen LogP contribution in [0.5, 0.6) is 0 Å². The number of hydrogen-bond acceptors (Lipinski definition) is 8. The fourth-order valence-corrected chi connectivity index (χ4v) is 4.91. The molecular weight excluding hydrogens is 488 g/mol. The highest BCUT2D eigenvalue weighted by atomic mass is 32.1. The summed E-state index contributed by atoms with van der Waals surface area (Å²) >= 11 is 1.07. The molecule has 1 saturated heterocycles. The van der Waals surface area contributed by atoms with Gasteiger partial charge in [0.05, 0.1) is 35.9 Å². The first kappa shape index (κ1) is 24.0. The first-order valence-corrected chi connectivity index (χ1v) is 12.0. The van der Waals surface area contributed by atoms with E-state index in [0.29, 0.717) is 44.8 Å². The Hall–Kier alpha value is -3.75. The number of rotatable bonds is 7. The van der Waals surface area contributed by atoms with Crippen LogP contribution in [0.3, 0.4) is 0 Å². The van der Waals surface area contributed by atoms with Crippen molar-refractivity contribution in [1.29, 1.82) is 16.1 Å². The van der Waals surface area contributed by atoms with Crippen molar-refractivity contribution < 1.29 is 23.0 Å². The SMILES string of the molecule is N#CC1(NC(=O)CC(=N)OC(=N)Cc2nc3ccc(-c4ccc(C5(F)COC5)cc4)c(F)c3s2)CC1. The molecule has 1 aliphatic heterocycles. The average molecular weight is 510 g/mol. The molecule has 0 atom stereocenters. The number of alkyl halides is 1. The standard InChI is InChI=1S/C25H21F2N5O3S/c26-22-16(14-1-3-15(4-2-14)25(27)12-34-13-25)5-6-17-23(22)36-21(31-17)10-19(30)35-18(29)9-20(33)32-24(11-28)7-8-24/h1-6,29-30H,7-10,12-13H2,(H,32,33). The van der Waals surface area contributed by atoms with Gasteiger partial charge in [-0.25, -0.2) is 13.8 Å². The van der Waals surface area contributed by atoms with Gasteiger partial charge in [-0.2, -0.15) is 5.26 Å². The van der Waals surface area contributed by atoms with Crippen LogP contribution in [0.1, 0.15) is 29.8 Å². The minimum absolute atomic E-state index is 0.0175. The molecule has 5 rings (SSSR count). The molecule has 2 heterocycles. The molecule has 2 fully saturated rings. The van der Waals surface area contributed by atoms with Crippen LogP contribution in [0.15, 0.2) is 36.4 Å². The molecule has 1 amide bonds. The Morgan fingerprint density at radius 3 is 2.53 bits per heavy atom. The Balaban J connectivity index is 1.24. The number of nitrogens with one attached hydrogen (secondary N) is 3. The van der Waals surface area contributed by atoms with Crippen LogP contribution >= 0.6 is 11.3 Å². The molecule has 0 radical (unpaired) electrons. The molecule has 1 saturated carbocycles. The second-order valence-electron chi connectivity index (χ2n) is 8.96. The molecule has 3 N–H and O–H groups in total. The van der Waals surface area contributed by atoms with E-state index in [0.717, 1.165) is 11.3 Å². The number of fused-ring (bicyclic) bond motifs is 1. The van der Waals surface area contributed by atoms with Crippen LogP contribution in [-0.4, -0.2) is 41.4 Å². The van der Waals surface area contributed by atoms with Gasteiger partial charge in [-0.05, 0) is 36.1 Å². The van der Waals surface area contributed by atoms with Crippen molar-refractivity contribution in [3.8, 4) is 17.2 Å². The van der Waals surface area contributed by atoms with Crippen molar-refractivity contribution in [2.24, 2.45) is 0 Å². The number of ether oxygens (including phenoxy) is 2. The maximum absolute atomic E-state index is 15.3. The Labute approximate surface area is 208 Å². The Morgan fingerprint density at radius 1 is 1.19 bits per heavy atom. The number of amides is 1. The first-order chi connectivity index (χ1) is 17.2. The average Bonchev–Trinajstić information content (AvgIpc) is 3.47. The van der Waals surface area contributed by atoms with Crippen LogP contribution in [0, 0.1) is 28.0 Å². The first-order valence-electron chi connectivity index (χ1n) is 11.2. The van der Waals surface area contributed by atoms with Gasteiger partial charge in [0.1, 0.15) is 22.8 Å². The largest absolute Gasteiger partial charge is 0.429 e. The van der Waals surface area contributed by atoms with Crippen molar-refractivity contribution in [3.63, 3.8) is 0 Å². The van der Waals surface area contributed by atoms with Crippen molar-refractivity contribution in [2.45, 2.75) is 36.9 Å². The third kappa shape index (κ3) is 4.69. The highest BCUT2D eigenvalue weighted by Crippen LogP contribution is 2.37. The van der Waals surface area contributed by atoms with Gasteiger partial charge in [-0.1, -0.05) is 24.3 Å². The summed E-state index contributed by atoms with van der Waals surface area (Å²) < 4.78 is 40.2. The molecule has 0 spiro atoms. The lowest BCUT2D eigenvalue weighted by atomic mass is 9.92. The zero-order valence-corrected chi connectivity index (χ0v) is 19.8. The van der Waals surface area contributed by atoms with E-state index in [4.69, 9.17) is 25.6 Å². The summed E-state index contributed by atoms with van der Waals surface area (Å²) in [6.45, 7) is 0.0349. The molecule has 0 bridgehead atoms. The number of halogens is 2. The van der Waals surface area contributed by atoms with Crippen molar-refractivity contribution >= 4 is 39.3 Å². The van der Waals surface area contributed by atoms with Crippen molar-refractivity contribution in [2.75, 3.05) is 13.2 Å². The second kappa shape index (κ2) is 9.04. The van der Waals surface area contributed by atoms with Gasteiger partial charge >= 0.3 is 0 Å². The third-order valence-electron chi connectivity index (χ3n) is 6.14. The maximum atomic E-state index is 15.3. The Bertz CT molecular complexity index is 1420. The molecule has 1 aromatic heterocycles. The lowest BCUT2D eigenvalue weighted by Crippen LogP contribution is -2.42. The van der Waals surface area contributed by atoms with Gasteiger partial charge in [0.25, 0.3) is 0 Å². The molecule has 184 valence electrons. The number of nitrogens with zero attached hydrogens (tertiary/aromatic N) is 2. The number of carbonyl (C=O) groups is 1. The number of carbonyl (C=O) groups excluding carboxylic acids is 1. The quantitative estimate of drug-likeness (QED) is 0.321. The summed E-state index contributed by atoms with van der Waals surface area (Å²) in [5.41, 5.74) is -0.446. The summed E-state index contributed by atoms with van der Waals surface area (Å²) in [5, 5.41) is 27.8. The van der Waals surface area contributed by atoms with Gasteiger partial charge in [0.2, 0.25) is 5.91 Å². The number of benzene rings is 2. The molecular formula is C25H21F2N5O3S. The summed E-state index contributed by atoms with van der Waals surface area (Å²) in [5.74, 6) is -1.70. The number of aromatic nitrogens is 1. The van der Waals surface area contributed by atoms with Crippen LogP contribution in [0.2, 0.25) is 0 Å². The topological polar surface area (TPSA) is 132 Å². The summed E-state index contributed by atoms with van der Waals surface area (Å²) in [6, 6.07) is 11.9. The second-order valence-corrected chi connectivity index (χ2v) is 10.0. The molecule has 3 aromatic rings. The maximum Gasteiger partial charge on any atom is 0.230 e. The van der Waals surface area contributed by atoms with Crippen molar-refractivity contribution in [1.82, 2.24) is 10.3 Å². The lowest BCUT2D eigenvalue weighted by Gasteiger charge is -2.34. The molecule has 0 unspecified atom stereocenters. The Morgan fingerprint density at radius 2 is 1.92 bits per heavy atom. The molecule has 2 aromatic carbocycles. The van der Waals surface area contributed by atoms with E-state index >= 15 is 4.39 Å². The fraction of sp³-hybridized carbons (Fsp3) is 0.320. The van der Waals surface area contributed by atoms with E-state index in [1.54, 1.807) is 36.4 Å². The van der Waals surface area contributed by atoms with E-state index in [2.05, 4.69) is 10.3 Å². The third-order valence-corrected chi connectivity index (χ3v) is 7.20.